The summed E-state index contributed by atoms with van der Waals surface area (Å²) >= 11 is 12.5. The lowest BCUT2D eigenvalue weighted by atomic mass is 10.1. The fourth-order valence-corrected chi connectivity index (χ4v) is 2.57. The zero-order chi connectivity index (χ0) is 13.6. The molecule has 3 aromatic rings. The van der Waals surface area contributed by atoms with Gasteiger partial charge in [0.15, 0.2) is 5.65 Å². The summed E-state index contributed by atoms with van der Waals surface area (Å²) < 4.78 is 14.8. The van der Waals surface area contributed by atoms with Crippen molar-refractivity contribution < 1.29 is 4.39 Å². The predicted molar refractivity (Wildman–Crippen MR) is 73.1 cm³/mol. The van der Waals surface area contributed by atoms with Crippen LogP contribution in [-0.2, 0) is 0 Å². The van der Waals surface area contributed by atoms with Crippen LogP contribution in [0.2, 0.25) is 10.3 Å². The molecule has 0 amide bonds. The third-order valence-corrected chi connectivity index (χ3v) is 3.46. The van der Waals surface area contributed by atoms with Crippen molar-refractivity contribution in [3.63, 3.8) is 0 Å². The van der Waals surface area contributed by atoms with Gasteiger partial charge in [-0.05, 0) is 24.6 Å². The van der Waals surface area contributed by atoms with Gasteiger partial charge in [-0.25, -0.2) is 13.9 Å². The first-order valence-corrected chi connectivity index (χ1v) is 6.29. The van der Waals surface area contributed by atoms with E-state index in [9.17, 15) is 4.39 Å². The number of aryl methyl sites for hydroxylation is 1. The van der Waals surface area contributed by atoms with Crippen molar-refractivity contribution in [3.05, 3.63) is 52.1 Å². The third-order valence-electron chi connectivity index (χ3n) is 2.84. The summed E-state index contributed by atoms with van der Waals surface area (Å²) in [7, 11) is 0. The molecule has 1 aromatic carbocycles. The van der Waals surface area contributed by atoms with Crippen molar-refractivity contribution in [2.24, 2.45) is 0 Å². The first-order valence-electron chi connectivity index (χ1n) is 5.53. The number of nitrogens with zero attached hydrogens (tertiary/aromatic N) is 3. The van der Waals surface area contributed by atoms with Gasteiger partial charge in [-0.1, -0.05) is 35.3 Å². The Bertz CT molecular complexity index is 783. The van der Waals surface area contributed by atoms with Crippen LogP contribution in [0.1, 0.15) is 5.56 Å². The van der Waals surface area contributed by atoms with Crippen LogP contribution in [0.4, 0.5) is 4.39 Å². The van der Waals surface area contributed by atoms with E-state index >= 15 is 0 Å². The zero-order valence-electron chi connectivity index (χ0n) is 9.86. The van der Waals surface area contributed by atoms with E-state index in [0.717, 1.165) is 5.56 Å². The number of benzene rings is 1. The van der Waals surface area contributed by atoms with Gasteiger partial charge in [0.2, 0.25) is 0 Å². The lowest BCUT2D eigenvalue weighted by molar-refractivity contribution is 0.628. The van der Waals surface area contributed by atoms with Crippen LogP contribution in [-0.4, -0.2) is 14.6 Å². The van der Waals surface area contributed by atoms with Crippen LogP contribution in [0.25, 0.3) is 16.8 Å². The molecule has 2 aromatic heterocycles. The first-order chi connectivity index (χ1) is 9.08. The van der Waals surface area contributed by atoms with E-state index in [-0.39, 0.29) is 11.0 Å². The van der Waals surface area contributed by atoms with E-state index in [2.05, 4.69) is 10.1 Å². The minimum Gasteiger partial charge on any atom is -0.216 e. The van der Waals surface area contributed by atoms with E-state index in [1.165, 1.54) is 16.6 Å². The lowest BCUT2D eigenvalue weighted by Gasteiger charge is -2.08. The monoisotopic (exact) mass is 295 g/mol. The summed E-state index contributed by atoms with van der Waals surface area (Å²) in [4.78, 5) is 4.26. The Hall–Kier alpha value is -1.65. The quantitative estimate of drug-likeness (QED) is 0.631. The first kappa shape index (κ1) is 12.4. The molecule has 0 fully saturated rings. The highest BCUT2D eigenvalue weighted by Gasteiger charge is 2.16. The molecular weight excluding hydrogens is 288 g/mol. The second-order valence-corrected chi connectivity index (χ2v) is 4.86. The second kappa shape index (κ2) is 4.47. The summed E-state index contributed by atoms with van der Waals surface area (Å²) in [5.41, 5.74) is 2.50. The number of fused-ring (bicyclic) bond motifs is 1. The van der Waals surface area contributed by atoms with E-state index < -0.39 is 0 Å². The van der Waals surface area contributed by atoms with Crippen molar-refractivity contribution in [2.45, 2.75) is 6.92 Å². The van der Waals surface area contributed by atoms with E-state index in [1.807, 2.05) is 6.92 Å². The molecule has 0 aliphatic carbocycles. The number of hydrogen-bond donors (Lipinski definition) is 0. The number of hydrogen-bond acceptors (Lipinski definition) is 2. The molecule has 0 unspecified atom stereocenters. The minimum atomic E-state index is -0.360. The summed E-state index contributed by atoms with van der Waals surface area (Å²) in [5, 5.41) is 4.68. The smallest absolute Gasteiger partial charge is 0.161 e. The SMILES string of the molecule is Cc1cnn2c(Cl)c(-c3cccc(F)c3)c(Cl)nc12. The van der Waals surface area contributed by atoms with E-state index in [4.69, 9.17) is 23.2 Å². The molecule has 0 aliphatic heterocycles. The molecule has 0 N–H and O–H groups in total. The van der Waals surface area contributed by atoms with Gasteiger partial charge in [-0.3, -0.25) is 0 Å². The number of rotatable bonds is 1. The largest absolute Gasteiger partial charge is 0.216 e. The summed E-state index contributed by atoms with van der Waals surface area (Å²) in [6.07, 6.45) is 1.65. The Kier molecular flexibility index (Phi) is 2.92. The maximum absolute atomic E-state index is 13.3. The maximum atomic E-state index is 13.3. The third kappa shape index (κ3) is 1.97. The molecular formula is C13H8Cl2FN3. The van der Waals surface area contributed by atoms with Gasteiger partial charge in [-0.2, -0.15) is 5.10 Å². The van der Waals surface area contributed by atoms with Crippen molar-refractivity contribution in [2.75, 3.05) is 0 Å². The maximum Gasteiger partial charge on any atom is 0.161 e. The highest BCUT2D eigenvalue weighted by atomic mass is 35.5. The van der Waals surface area contributed by atoms with Crippen LogP contribution in [0.3, 0.4) is 0 Å². The van der Waals surface area contributed by atoms with Gasteiger partial charge < -0.3 is 0 Å². The highest BCUT2D eigenvalue weighted by Crippen LogP contribution is 2.34. The number of halogens is 3. The van der Waals surface area contributed by atoms with Crippen molar-refractivity contribution in [1.29, 1.82) is 0 Å². The van der Waals surface area contributed by atoms with Crippen molar-refractivity contribution in [1.82, 2.24) is 14.6 Å². The Balaban J connectivity index is 2.35. The standard InChI is InChI=1S/C13H8Cl2FN3/c1-7-6-17-19-12(15)10(11(14)18-13(7)19)8-3-2-4-9(16)5-8/h2-6H,1H3. The van der Waals surface area contributed by atoms with Gasteiger partial charge >= 0.3 is 0 Å². The predicted octanol–water partition coefficient (Wildman–Crippen LogP) is 4.15. The van der Waals surface area contributed by atoms with Crippen LogP contribution in [0.5, 0.6) is 0 Å². The molecule has 0 saturated heterocycles. The Morgan fingerprint density at radius 3 is 2.79 bits per heavy atom. The number of aromatic nitrogens is 3. The molecule has 0 atom stereocenters. The van der Waals surface area contributed by atoms with Gasteiger partial charge in [0.1, 0.15) is 16.1 Å². The van der Waals surface area contributed by atoms with Gasteiger partial charge in [0, 0.05) is 5.56 Å². The average molecular weight is 296 g/mol. The van der Waals surface area contributed by atoms with Crippen LogP contribution >= 0.6 is 23.2 Å². The van der Waals surface area contributed by atoms with Gasteiger partial charge in [-0.15, -0.1) is 0 Å². The van der Waals surface area contributed by atoms with Crippen LogP contribution in [0, 0.1) is 12.7 Å². The molecule has 0 aliphatic rings. The topological polar surface area (TPSA) is 30.2 Å². The average Bonchev–Trinajstić information content (AvgIpc) is 2.72. The molecule has 0 saturated carbocycles. The minimum absolute atomic E-state index is 0.228. The van der Waals surface area contributed by atoms with Gasteiger partial charge in [0.05, 0.1) is 11.8 Å². The summed E-state index contributed by atoms with van der Waals surface area (Å²) in [5.74, 6) is -0.360. The fraction of sp³-hybridized carbons (Fsp3) is 0.0769. The molecule has 0 radical (unpaired) electrons. The van der Waals surface area contributed by atoms with Crippen molar-refractivity contribution in [3.8, 4) is 11.1 Å². The molecule has 19 heavy (non-hydrogen) atoms. The normalized spacial score (nSPS) is 11.2. The Morgan fingerprint density at radius 2 is 2.05 bits per heavy atom. The second-order valence-electron chi connectivity index (χ2n) is 4.14. The molecule has 3 rings (SSSR count). The van der Waals surface area contributed by atoms with Gasteiger partial charge in [0.25, 0.3) is 0 Å². The molecule has 0 spiro atoms. The van der Waals surface area contributed by atoms with Crippen LogP contribution in [0.15, 0.2) is 30.5 Å². The molecule has 2 heterocycles. The molecule has 0 bridgehead atoms. The summed E-state index contributed by atoms with van der Waals surface area (Å²) in [6, 6.07) is 6.03. The van der Waals surface area contributed by atoms with E-state index in [0.29, 0.717) is 21.9 Å². The molecule has 6 heteroatoms. The zero-order valence-corrected chi connectivity index (χ0v) is 11.4. The Labute approximate surface area is 118 Å². The van der Waals surface area contributed by atoms with Crippen LogP contribution < -0.4 is 0 Å². The Morgan fingerprint density at radius 1 is 1.26 bits per heavy atom. The highest BCUT2D eigenvalue weighted by molar-refractivity contribution is 6.38. The molecule has 3 nitrogen and oxygen atoms in total. The molecule has 96 valence electrons. The van der Waals surface area contributed by atoms with E-state index in [1.54, 1.807) is 18.3 Å². The lowest BCUT2D eigenvalue weighted by Crippen LogP contribution is -1.97. The fourth-order valence-electron chi connectivity index (χ4n) is 1.93. The van der Waals surface area contributed by atoms with Crippen molar-refractivity contribution >= 4 is 28.8 Å². The summed E-state index contributed by atoms with van der Waals surface area (Å²) in [6.45, 7) is 1.86.